The minimum absolute atomic E-state index is 0.414. The fourth-order valence-corrected chi connectivity index (χ4v) is 2.53. The first-order chi connectivity index (χ1) is 9.40. The van der Waals surface area contributed by atoms with Gasteiger partial charge < -0.3 is 21.5 Å². The van der Waals surface area contributed by atoms with E-state index in [4.69, 9.17) is 10.8 Å². The van der Waals surface area contributed by atoms with Gasteiger partial charge in [0.2, 0.25) is 5.91 Å². The van der Waals surface area contributed by atoms with Gasteiger partial charge in [-0.1, -0.05) is 26.2 Å². The Labute approximate surface area is 118 Å². The second kappa shape index (κ2) is 7.72. The third-order valence-electron chi connectivity index (χ3n) is 3.82. The maximum Gasteiger partial charge on any atom is 0.326 e. The predicted octanol–water partition coefficient (Wildman–Crippen LogP) is 0.441. The molecule has 0 aromatic heterocycles. The van der Waals surface area contributed by atoms with Gasteiger partial charge in [0.15, 0.2) is 0 Å². The topological polar surface area (TPSA) is 122 Å². The molecule has 0 heterocycles. The molecule has 3 amide bonds. The average Bonchev–Trinajstić information content (AvgIpc) is 2.36. The number of hydrogen-bond donors (Lipinski definition) is 4. The summed E-state index contributed by atoms with van der Waals surface area (Å²) in [6.07, 6.45) is 4.21. The number of amides is 3. The summed E-state index contributed by atoms with van der Waals surface area (Å²) in [4.78, 5) is 33.3. The standard InChI is InChI=1S/C13H23N3O4/c1-8-4-2-3-5-9(8)7-15-13(20)16-10(12(18)19)6-11(14)17/h8-10H,2-7H2,1H3,(H2,14,17)(H,18,19)(H2,15,16,20)/t8?,9?,10-/m0/s1. The van der Waals surface area contributed by atoms with Crippen LogP contribution in [0.4, 0.5) is 4.79 Å². The van der Waals surface area contributed by atoms with E-state index in [-0.39, 0.29) is 0 Å². The van der Waals surface area contributed by atoms with Crippen LogP contribution in [0.2, 0.25) is 0 Å². The summed E-state index contributed by atoms with van der Waals surface area (Å²) in [5.74, 6) is -1.05. The Morgan fingerprint density at radius 3 is 2.50 bits per heavy atom. The van der Waals surface area contributed by atoms with Gasteiger partial charge in [-0.3, -0.25) is 4.79 Å². The van der Waals surface area contributed by atoms with Crippen molar-refractivity contribution in [2.24, 2.45) is 17.6 Å². The molecular weight excluding hydrogens is 262 g/mol. The van der Waals surface area contributed by atoms with Crippen LogP contribution in [0.5, 0.6) is 0 Å². The molecule has 1 saturated carbocycles. The number of carbonyl (C=O) groups is 3. The van der Waals surface area contributed by atoms with Gasteiger partial charge in [0, 0.05) is 6.54 Å². The zero-order valence-corrected chi connectivity index (χ0v) is 11.7. The van der Waals surface area contributed by atoms with Gasteiger partial charge in [-0.2, -0.15) is 0 Å². The monoisotopic (exact) mass is 285 g/mol. The van der Waals surface area contributed by atoms with Crippen molar-refractivity contribution in [1.29, 1.82) is 0 Å². The molecule has 20 heavy (non-hydrogen) atoms. The van der Waals surface area contributed by atoms with Gasteiger partial charge in [-0.15, -0.1) is 0 Å². The first-order valence-electron chi connectivity index (χ1n) is 6.95. The van der Waals surface area contributed by atoms with Crippen LogP contribution in [0, 0.1) is 11.8 Å². The number of rotatable bonds is 6. The Bertz CT molecular complexity index is 373. The molecule has 0 aromatic rings. The van der Waals surface area contributed by atoms with Crippen LogP contribution in [0.1, 0.15) is 39.0 Å². The van der Waals surface area contributed by atoms with E-state index in [0.717, 1.165) is 19.3 Å². The smallest absolute Gasteiger partial charge is 0.326 e. The Kier molecular flexibility index (Phi) is 6.27. The lowest BCUT2D eigenvalue weighted by molar-refractivity contribution is -0.140. The van der Waals surface area contributed by atoms with E-state index < -0.39 is 30.4 Å². The number of nitrogens with one attached hydrogen (secondary N) is 2. The van der Waals surface area contributed by atoms with Crippen molar-refractivity contribution in [2.75, 3.05) is 6.54 Å². The zero-order valence-electron chi connectivity index (χ0n) is 11.7. The molecule has 0 saturated heterocycles. The van der Waals surface area contributed by atoms with Crippen LogP contribution >= 0.6 is 0 Å². The lowest BCUT2D eigenvalue weighted by Crippen LogP contribution is -2.48. The van der Waals surface area contributed by atoms with E-state index >= 15 is 0 Å². The number of primary amides is 1. The summed E-state index contributed by atoms with van der Waals surface area (Å²) in [5, 5.41) is 13.8. The summed E-state index contributed by atoms with van der Waals surface area (Å²) in [6.45, 7) is 2.69. The maximum atomic E-state index is 11.7. The molecule has 7 nitrogen and oxygen atoms in total. The van der Waals surface area contributed by atoms with Crippen molar-refractivity contribution in [3.05, 3.63) is 0 Å². The highest BCUT2D eigenvalue weighted by atomic mass is 16.4. The van der Waals surface area contributed by atoms with Crippen LogP contribution in [0.25, 0.3) is 0 Å². The Morgan fingerprint density at radius 2 is 1.95 bits per heavy atom. The Balaban J connectivity index is 2.37. The van der Waals surface area contributed by atoms with Crippen molar-refractivity contribution in [2.45, 2.75) is 45.1 Å². The minimum Gasteiger partial charge on any atom is -0.480 e. The van der Waals surface area contributed by atoms with Crippen LogP contribution < -0.4 is 16.4 Å². The van der Waals surface area contributed by atoms with Crippen LogP contribution in [-0.2, 0) is 9.59 Å². The lowest BCUT2D eigenvalue weighted by atomic mass is 9.80. The summed E-state index contributed by atoms with van der Waals surface area (Å²) >= 11 is 0. The number of carbonyl (C=O) groups excluding carboxylic acids is 2. The summed E-state index contributed by atoms with van der Waals surface area (Å²) in [6, 6.07) is -1.85. The minimum atomic E-state index is -1.28. The third kappa shape index (κ3) is 5.46. The van der Waals surface area contributed by atoms with Gasteiger partial charge in [-0.05, 0) is 18.3 Å². The van der Waals surface area contributed by atoms with Crippen LogP contribution in [0.15, 0.2) is 0 Å². The molecular formula is C13H23N3O4. The molecule has 3 atom stereocenters. The molecule has 114 valence electrons. The van der Waals surface area contributed by atoms with Gasteiger partial charge >= 0.3 is 12.0 Å². The normalized spacial score (nSPS) is 23.6. The highest BCUT2D eigenvalue weighted by molar-refractivity contribution is 5.87. The predicted molar refractivity (Wildman–Crippen MR) is 72.9 cm³/mol. The number of aliphatic carboxylic acids is 1. The molecule has 1 rings (SSSR count). The molecule has 5 N–H and O–H groups in total. The molecule has 0 aliphatic heterocycles. The summed E-state index contributed by atoms with van der Waals surface area (Å²) in [7, 11) is 0. The van der Waals surface area contributed by atoms with E-state index in [0.29, 0.717) is 18.4 Å². The van der Waals surface area contributed by atoms with Crippen molar-refractivity contribution < 1.29 is 19.5 Å². The zero-order chi connectivity index (χ0) is 15.1. The SMILES string of the molecule is CC1CCCCC1CNC(=O)N[C@@H](CC(N)=O)C(=O)O. The molecule has 7 heteroatoms. The Hall–Kier alpha value is -1.79. The number of nitrogens with two attached hydrogens (primary N) is 1. The van der Waals surface area contributed by atoms with Crippen molar-refractivity contribution in [1.82, 2.24) is 10.6 Å². The molecule has 0 spiro atoms. The molecule has 0 aromatic carbocycles. The number of urea groups is 1. The van der Waals surface area contributed by atoms with E-state index in [9.17, 15) is 14.4 Å². The lowest BCUT2D eigenvalue weighted by Gasteiger charge is -2.29. The second-order valence-corrected chi connectivity index (χ2v) is 5.44. The third-order valence-corrected chi connectivity index (χ3v) is 3.82. The first-order valence-corrected chi connectivity index (χ1v) is 6.95. The summed E-state index contributed by atoms with van der Waals surface area (Å²) in [5.41, 5.74) is 4.94. The number of carboxylic acids is 1. The van der Waals surface area contributed by atoms with Crippen molar-refractivity contribution in [3.63, 3.8) is 0 Å². The fraction of sp³-hybridized carbons (Fsp3) is 0.769. The van der Waals surface area contributed by atoms with E-state index in [1.807, 2.05) is 0 Å². The Morgan fingerprint density at radius 1 is 1.30 bits per heavy atom. The van der Waals surface area contributed by atoms with Gasteiger partial charge in [0.25, 0.3) is 0 Å². The van der Waals surface area contributed by atoms with Gasteiger partial charge in [-0.25, -0.2) is 9.59 Å². The maximum absolute atomic E-state index is 11.7. The van der Waals surface area contributed by atoms with E-state index in [2.05, 4.69) is 17.6 Å². The van der Waals surface area contributed by atoms with E-state index in [1.54, 1.807) is 0 Å². The molecule has 1 fully saturated rings. The quantitative estimate of drug-likeness (QED) is 0.565. The second-order valence-electron chi connectivity index (χ2n) is 5.44. The van der Waals surface area contributed by atoms with E-state index in [1.165, 1.54) is 6.42 Å². The average molecular weight is 285 g/mol. The van der Waals surface area contributed by atoms with Gasteiger partial charge in [0.05, 0.1) is 6.42 Å². The van der Waals surface area contributed by atoms with Crippen molar-refractivity contribution in [3.8, 4) is 0 Å². The van der Waals surface area contributed by atoms with Crippen LogP contribution in [-0.4, -0.2) is 35.6 Å². The molecule has 0 bridgehead atoms. The molecule has 1 aliphatic carbocycles. The molecule has 0 radical (unpaired) electrons. The number of hydrogen-bond acceptors (Lipinski definition) is 3. The van der Waals surface area contributed by atoms with Gasteiger partial charge in [0.1, 0.15) is 6.04 Å². The summed E-state index contributed by atoms with van der Waals surface area (Å²) < 4.78 is 0. The largest absolute Gasteiger partial charge is 0.480 e. The van der Waals surface area contributed by atoms with Crippen molar-refractivity contribution >= 4 is 17.9 Å². The van der Waals surface area contributed by atoms with Crippen LogP contribution in [0.3, 0.4) is 0 Å². The molecule has 1 aliphatic rings. The number of carboxylic acid groups (broad SMARTS) is 1. The highest BCUT2D eigenvalue weighted by Crippen LogP contribution is 2.28. The first kappa shape index (κ1) is 16.3. The fourth-order valence-electron chi connectivity index (χ4n) is 2.53. The highest BCUT2D eigenvalue weighted by Gasteiger charge is 2.24. The molecule has 2 unspecified atom stereocenters.